The zero-order valence-electron chi connectivity index (χ0n) is 17.4. The van der Waals surface area contributed by atoms with Crippen LogP contribution in [0.4, 0.5) is 0 Å². The Morgan fingerprint density at radius 3 is 1.57 bits per heavy atom. The fourth-order valence-electron chi connectivity index (χ4n) is 2.81. The molecule has 7 nitrogen and oxygen atoms in total. The highest BCUT2D eigenvalue weighted by atomic mass is 31.2. The first-order valence-electron chi connectivity index (χ1n) is 9.84. The molecule has 28 heavy (non-hydrogen) atoms. The van der Waals surface area contributed by atoms with Crippen LogP contribution in [-0.4, -0.2) is 45.4 Å². The van der Waals surface area contributed by atoms with Crippen LogP contribution in [0.15, 0.2) is 30.3 Å². The van der Waals surface area contributed by atoms with E-state index in [1.165, 1.54) is 0 Å². The molecule has 0 aliphatic carbocycles. The molecule has 9 heteroatoms. The fraction of sp³-hybridized carbons (Fsp3) is 0.684. The van der Waals surface area contributed by atoms with Crippen molar-refractivity contribution in [3.8, 4) is 5.75 Å². The van der Waals surface area contributed by atoms with Gasteiger partial charge >= 0.3 is 15.2 Å². The maximum absolute atomic E-state index is 13.0. The summed E-state index contributed by atoms with van der Waals surface area (Å²) in [4.78, 5) is 0. The summed E-state index contributed by atoms with van der Waals surface area (Å²) in [5.41, 5.74) is 0. The standard InChI is InChI=1S/C19H34O7P2/c1-5-23-27(20,24-6-2)16-18(17-28(21,25-7-3)26-8-4)14-15-22-19-12-10-9-11-13-19/h9-13,18H,5-8,14-17H2,1-4H3. The third-order valence-electron chi connectivity index (χ3n) is 3.80. The summed E-state index contributed by atoms with van der Waals surface area (Å²) in [5.74, 6) is 0.480. The van der Waals surface area contributed by atoms with Crippen molar-refractivity contribution < 1.29 is 32.0 Å². The van der Waals surface area contributed by atoms with E-state index in [0.717, 1.165) is 5.75 Å². The van der Waals surface area contributed by atoms with Gasteiger partial charge in [-0.15, -0.1) is 0 Å². The van der Waals surface area contributed by atoms with Gasteiger partial charge in [0.15, 0.2) is 0 Å². The molecule has 1 aromatic carbocycles. The van der Waals surface area contributed by atoms with Gasteiger partial charge in [-0.2, -0.15) is 0 Å². The van der Waals surface area contributed by atoms with E-state index in [1.54, 1.807) is 27.7 Å². The second-order valence-electron chi connectivity index (χ2n) is 6.07. The van der Waals surface area contributed by atoms with Crippen LogP contribution in [-0.2, 0) is 27.2 Å². The molecular weight excluding hydrogens is 402 g/mol. The predicted molar refractivity (Wildman–Crippen MR) is 111 cm³/mol. The quantitative estimate of drug-likeness (QED) is 0.312. The fourth-order valence-corrected chi connectivity index (χ4v) is 7.04. The molecule has 0 saturated carbocycles. The van der Waals surface area contributed by atoms with Crippen LogP contribution in [0.5, 0.6) is 5.75 Å². The van der Waals surface area contributed by atoms with Gasteiger partial charge in [-0.05, 0) is 52.2 Å². The van der Waals surface area contributed by atoms with E-state index in [-0.39, 0.29) is 44.7 Å². The van der Waals surface area contributed by atoms with Crippen LogP contribution in [0.3, 0.4) is 0 Å². The summed E-state index contributed by atoms with van der Waals surface area (Å²) in [6, 6.07) is 9.43. The van der Waals surface area contributed by atoms with E-state index in [1.807, 2.05) is 30.3 Å². The van der Waals surface area contributed by atoms with Crippen molar-refractivity contribution in [1.29, 1.82) is 0 Å². The molecular formula is C19H34O7P2. The monoisotopic (exact) mass is 436 g/mol. The summed E-state index contributed by atoms with van der Waals surface area (Å²) in [5, 5.41) is 0. The van der Waals surface area contributed by atoms with E-state index < -0.39 is 15.2 Å². The zero-order chi connectivity index (χ0) is 20.9. The highest BCUT2D eigenvalue weighted by Crippen LogP contribution is 2.55. The SMILES string of the molecule is CCOP(=O)(CC(CCOc1ccccc1)CP(=O)(OCC)OCC)OCC. The third kappa shape index (κ3) is 9.69. The summed E-state index contributed by atoms with van der Waals surface area (Å²) in [6.07, 6.45) is 0.789. The van der Waals surface area contributed by atoms with Gasteiger partial charge in [-0.3, -0.25) is 9.13 Å². The van der Waals surface area contributed by atoms with E-state index >= 15 is 0 Å². The van der Waals surface area contributed by atoms with Crippen LogP contribution in [0.1, 0.15) is 34.1 Å². The Balaban J connectivity index is 2.87. The van der Waals surface area contributed by atoms with Crippen LogP contribution >= 0.6 is 15.2 Å². The van der Waals surface area contributed by atoms with Crippen molar-refractivity contribution in [3.63, 3.8) is 0 Å². The van der Waals surface area contributed by atoms with Crippen molar-refractivity contribution in [2.75, 3.05) is 45.4 Å². The Morgan fingerprint density at radius 1 is 0.750 bits per heavy atom. The lowest BCUT2D eigenvalue weighted by atomic mass is 10.1. The molecule has 0 radical (unpaired) electrons. The largest absolute Gasteiger partial charge is 0.494 e. The molecule has 0 N–H and O–H groups in total. The zero-order valence-corrected chi connectivity index (χ0v) is 19.2. The smallest absolute Gasteiger partial charge is 0.330 e. The van der Waals surface area contributed by atoms with Crippen LogP contribution in [0.25, 0.3) is 0 Å². The number of benzene rings is 1. The van der Waals surface area contributed by atoms with Gasteiger partial charge in [0, 0.05) is 0 Å². The number of hydrogen-bond donors (Lipinski definition) is 0. The van der Waals surface area contributed by atoms with Crippen molar-refractivity contribution in [1.82, 2.24) is 0 Å². The Labute approximate surface area is 169 Å². The number of hydrogen-bond acceptors (Lipinski definition) is 7. The molecule has 0 saturated heterocycles. The average molecular weight is 436 g/mol. The predicted octanol–water partition coefficient (Wildman–Crippen LogP) is 5.60. The molecule has 0 atom stereocenters. The van der Waals surface area contributed by atoms with Crippen molar-refractivity contribution >= 4 is 15.2 Å². The Hall–Kier alpha value is -0.680. The van der Waals surface area contributed by atoms with Crippen LogP contribution in [0, 0.1) is 5.92 Å². The number of ether oxygens (including phenoxy) is 1. The molecule has 0 bridgehead atoms. The van der Waals surface area contributed by atoms with E-state index in [9.17, 15) is 9.13 Å². The van der Waals surface area contributed by atoms with Crippen LogP contribution in [0.2, 0.25) is 0 Å². The minimum absolute atomic E-state index is 0.136. The topological polar surface area (TPSA) is 80.3 Å². The Morgan fingerprint density at radius 2 is 1.18 bits per heavy atom. The second kappa shape index (κ2) is 13.5. The lowest BCUT2D eigenvalue weighted by Gasteiger charge is -2.26. The summed E-state index contributed by atoms with van der Waals surface area (Å²) >= 11 is 0. The number of rotatable bonds is 16. The van der Waals surface area contributed by atoms with Gasteiger partial charge in [0.05, 0.1) is 45.4 Å². The molecule has 162 valence electrons. The lowest BCUT2D eigenvalue weighted by molar-refractivity contribution is 0.204. The molecule has 0 heterocycles. The third-order valence-corrected chi connectivity index (χ3v) is 8.34. The van der Waals surface area contributed by atoms with Gasteiger partial charge < -0.3 is 22.8 Å². The van der Waals surface area contributed by atoms with E-state index in [0.29, 0.717) is 13.0 Å². The molecule has 1 rings (SSSR count). The first-order chi connectivity index (χ1) is 13.4. The van der Waals surface area contributed by atoms with E-state index in [4.69, 9.17) is 22.8 Å². The Kier molecular flexibility index (Phi) is 12.2. The summed E-state index contributed by atoms with van der Waals surface area (Å²) in [7, 11) is -6.60. The molecule has 0 aromatic heterocycles. The maximum Gasteiger partial charge on any atom is 0.330 e. The lowest BCUT2D eigenvalue weighted by Crippen LogP contribution is -2.19. The molecule has 0 aliphatic heterocycles. The first-order valence-corrected chi connectivity index (χ1v) is 13.3. The minimum atomic E-state index is -3.30. The highest BCUT2D eigenvalue weighted by molar-refractivity contribution is 7.55. The Bertz CT molecular complexity index is 572. The van der Waals surface area contributed by atoms with Crippen molar-refractivity contribution in [2.24, 2.45) is 5.92 Å². The van der Waals surface area contributed by atoms with Crippen LogP contribution < -0.4 is 4.74 Å². The highest BCUT2D eigenvalue weighted by Gasteiger charge is 2.35. The second-order valence-corrected chi connectivity index (χ2v) is 10.3. The maximum atomic E-state index is 13.0. The van der Waals surface area contributed by atoms with Gasteiger partial charge in [0.2, 0.25) is 0 Å². The van der Waals surface area contributed by atoms with Gasteiger partial charge in [0.25, 0.3) is 0 Å². The number of para-hydroxylation sites is 1. The van der Waals surface area contributed by atoms with Crippen molar-refractivity contribution in [2.45, 2.75) is 34.1 Å². The average Bonchev–Trinajstić information content (AvgIpc) is 2.63. The van der Waals surface area contributed by atoms with Crippen molar-refractivity contribution in [3.05, 3.63) is 30.3 Å². The molecule has 0 amide bonds. The molecule has 0 fully saturated rings. The molecule has 0 spiro atoms. The summed E-state index contributed by atoms with van der Waals surface area (Å²) in [6.45, 7) is 8.56. The molecule has 0 unspecified atom stereocenters. The normalized spacial score (nSPS) is 12.5. The minimum Gasteiger partial charge on any atom is -0.494 e. The molecule has 1 aromatic rings. The van der Waals surface area contributed by atoms with Gasteiger partial charge in [-0.25, -0.2) is 0 Å². The first kappa shape index (κ1) is 25.4. The summed E-state index contributed by atoms with van der Waals surface area (Å²) < 4.78 is 53.4. The van der Waals surface area contributed by atoms with Gasteiger partial charge in [-0.1, -0.05) is 18.2 Å². The van der Waals surface area contributed by atoms with E-state index in [2.05, 4.69) is 0 Å². The molecule has 0 aliphatic rings. The van der Waals surface area contributed by atoms with Gasteiger partial charge in [0.1, 0.15) is 5.75 Å².